The summed E-state index contributed by atoms with van der Waals surface area (Å²) in [5.74, 6) is -0.118. The van der Waals surface area contributed by atoms with Crippen molar-refractivity contribution in [2.75, 3.05) is 17.2 Å². The number of aryl methyl sites for hydroxylation is 1. The molecule has 1 unspecified atom stereocenters. The number of anilines is 2. The quantitative estimate of drug-likeness (QED) is 0.512. The first-order valence-corrected chi connectivity index (χ1v) is 11.2. The van der Waals surface area contributed by atoms with Gasteiger partial charge in [-0.3, -0.25) is 9.59 Å². The highest BCUT2D eigenvalue weighted by Crippen LogP contribution is 2.23. The van der Waals surface area contributed by atoms with Crippen LogP contribution in [0.5, 0.6) is 0 Å². The molecular formula is C23H25N3O3S. The fraction of sp³-hybridized carbons (Fsp3) is 0.348. The summed E-state index contributed by atoms with van der Waals surface area (Å²) < 4.78 is 6.59. The predicted molar refractivity (Wildman–Crippen MR) is 120 cm³/mol. The Hall–Kier alpha value is -2.77. The summed E-state index contributed by atoms with van der Waals surface area (Å²) in [7, 11) is 0. The molecule has 1 aliphatic heterocycles. The van der Waals surface area contributed by atoms with Crippen LogP contribution in [-0.4, -0.2) is 29.5 Å². The highest BCUT2D eigenvalue weighted by molar-refractivity contribution is 7.18. The second kappa shape index (κ2) is 9.82. The average Bonchev–Trinajstić information content (AvgIpc) is 3.42. The van der Waals surface area contributed by atoms with Gasteiger partial charge in [0.05, 0.1) is 15.2 Å². The van der Waals surface area contributed by atoms with Gasteiger partial charge in [-0.05, 0) is 68.5 Å². The molecule has 30 heavy (non-hydrogen) atoms. The Balaban J connectivity index is 1.17. The number of unbranched alkanes of at least 4 members (excludes halogenated alkanes) is 1. The van der Waals surface area contributed by atoms with Gasteiger partial charge >= 0.3 is 0 Å². The van der Waals surface area contributed by atoms with Crippen molar-refractivity contribution in [1.29, 1.82) is 0 Å². The Kier molecular flexibility index (Phi) is 6.71. The van der Waals surface area contributed by atoms with E-state index in [1.54, 1.807) is 35.6 Å². The van der Waals surface area contributed by atoms with Gasteiger partial charge < -0.3 is 15.4 Å². The van der Waals surface area contributed by atoms with Gasteiger partial charge in [0.15, 0.2) is 0 Å². The average molecular weight is 424 g/mol. The van der Waals surface area contributed by atoms with Crippen molar-refractivity contribution in [2.45, 2.75) is 44.6 Å². The lowest BCUT2D eigenvalue weighted by molar-refractivity contribution is -0.124. The lowest BCUT2D eigenvalue weighted by Gasteiger charge is -2.11. The Morgan fingerprint density at radius 1 is 1.03 bits per heavy atom. The number of aromatic nitrogens is 1. The van der Waals surface area contributed by atoms with Crippen LogP contribution in [0.15, 0.2) is 48.5 Å². The van der Waals surface area contributed by atoms with Crippen LogP contribution in [-0.2, 0) is 20.7 Å². The van der Waals surface area contributed by atoms with Crippen LogP contribution >= 0.6 is 11.3 Å². The van der Waals surface area contributed by atoms with Crippen molar-refractivity contribution < 1.29 is 14.3 Å². The number of fused-ring (bicyclic) bond motifs is 1. The topological polar surface area (TPSA) is 80.3 Å². The fourth-order valence-corrected chi connectivity index (χ4v) is 4.47. The number of rotatable bonds is 8. The minimum atomic E-state index is -0.354. The monoisotopic (exact) mass is 423 g/mol. The van der Waals surface area contributed by atoms with E-state index in [2.05, 4.69) is 21.7 Å². The first-order chi connectivity index (χ1) is 14.7. The molecule has 1 atom stereocenters. The van der Waals surface area contributed by atoms with Gasteiger partial charge in [0.25, 0.3) is 5.91 Å². The van der Waals surface area contributed by atoms with Crippen LogP contribution < -0.4 is 10.6 Å². The number of benzene rings is 2. The van der Waals surface area contributed by atoms with Crippen molar-refractivity contribution >= 4 is 44.7 Å². The van der Waals surface area contributed by atoms with Gasteiger partial charge in [-0.2, -0.15) is 0 Å². The Morgan fingerprint density at radius 3 is 2.53 bits per heavy atom. The fourth-order valence-electron chi connectivity index (χ4n) is 3.46. The summed E-state index contributed by atoms with van der Waals surface area (Å²) in [6.07, 6.45) is 4.45. The number of thiazole rings is 1. The summed E-state index contributed by atoms with van der Waals surface area (Å²) in [5, 5.41) is 6.88. The molecule has 1 aliphatic rings. The van der Waals surface area contributed by atoms with Crippen molar-refractivity contribution in [3.8, 4) is 0 Å². The number of nitrogens with one attached hydrogen (secondary N) is 2. The number of amides is 2. The van der Waals surface area contributed by atoms with Gasteiger partial charge in [0.2, 0.25) is 5.91 Å². The summed E-state index contributed by atoms with van der Waals surface area (Å²) >= 11 is 1.72. The summed E-state index contributed by atoms with van der Waals surface area (Å²) in [6.45, 7) is 0.643. The first-order valence-electron chi connectivity index (χ1n) is 10.3. The molecule has 3 aromatic rings. The number of carbonyl (C=O) groups excluding carboxylic acids is 2. The lowest BCUT2D eigenvalue weighted by Crippen LogP contribution is -2.26. The molecule has 0 aliphatic carbocycles. The molecule has 0 radical (unpaired) electrons. The van der Waals surface area contributed by atoms with E-state index in [0.29, 0.717) is 18.7 Å². The van der Waals surface area contributed by atoms with Crippen LogP contribution in [0.2, 0.25) is 0 Å². The molecule has 1 fully saturated rings. The molecule has 2 heterocycles. The van der Waals surface area contributed by atoms with E-state index in [4.69, 9.17) is 4.74 Å². The molecule has 1 aromatic heterocycles. The summed E-state index contributed by atoms with van der Waals surface area (Å²) in [5.41, 5.74) is 2.47. The largest absolute Gasteiger partial charge is 0.368 e. The summed E-state index contributed by atoms with van der Waals surface area (Å²) in [4.78, 5) is 28.9. The van der Waals surface area contributed by atoms with Gasteiger partial charge in [0, 0.05) is 24.4 Å². The van der Waals surface area contributed by atoms with Gasteiger partial charge in [-0.1, -0.05) is 12.1 Å². The minimum Gasteiger partial charge on any atom is -0.368 e. The van der Waals surface area contributed by atoms with E-state index in [1.165, 1.54) is 4.70 Å². The second-order valence-corrected chi connectivity index (χ2v) is 8.51. The van der Waals surface area contributed by atoms with E-state index >= 15 is 0 Å². The molecule has 4 rings (SSSR count). The zero-order valence-electron chi connectivity index (χ0n) is 16.7. The van der Waals surface area contributed by atoms with Crippen molar-refractivity contribution in [2.24, 2.45) is 0 Å². The van der Waals surface area contributed by atoms with E-state index in [-0.39, 0.29) is 17.9 Å². The second-order valence-electron chi connectivity index (χ2n) is 7.40. The predicted octanol–water partition coefficient (Wildman–Crippen LogP) is 4.77. The number of hydrogen-bond donors (Lipinski definition) is 2. The molecule has 2 amide bonds. The third-order valence-electron chi connectivity index (χ3n) is 5.04. The van der Waals surface area contributed by atoms with Crippen molar-refractivity contribution in [3.63, 3.8) is 0 Å². The molecule has 0 spiro atoms. The molecule has 6 nitrogen and oxygen atoms in total. The molecule has 2 N–H and O–H groups in total. The Bertz CT molecular complexity index is 977. The molecule has 156 valence electrons. The highest BCUT2D eigenvalue weighted by Gasteiger charge is 2.23. The van der Waals surface area contributed by atoms with Gasteiger partial charge in [0.1, 0.15) is 6.10 Å². The van der Waals surface area contributed by atoms with Crippen LogP contribution in [0, 0.1) is 0 Å². The number of para-hydroxylation sites is 1. The maximum atomic E-state index is 12.2. The number of carbonyl (C=O) groups is 2. The zero-order valence-corrected chi connectivity index (χ0v) is 17.5. The van der Waals surface area contributed by atoms with E-state index < -0.39 is 0 Å². The van der Waals surface area contributed by atoms with Crippen LogP contribution in [0.1, 0.15) is 37.1 Å². The zero-order chi connectivity index (χ0) is 20.8. The maximum Gasteiger partial charge on any atom is 0.253 e. The van der Waals surface area contributed by atoms with Gasteiger partial charge in [-0.25, -0.2) is 4.98 Å². The Morgan fingerprint density at radius 2 is 1.80 bits per heavy atom. The first kappa shape index (κ1) is 20.5. The van der Waals surface area contributed by atoms with Gasteiger partial charge in [-0.15, -0.1) is 11.3 Å². The van der Waals surface area contributed by atoms with E-state index in [9.17, 15) is 9.59 Å². The smallest absolute Gasteiger partial charge is 0.253 e. The number of nitrogens with zero attached hydrogens (tertiary/aromatic N) is 1. The van der Waals surface area contributed by atoms with E-state index in [1.807, 2.05) is 18.2 Å². The highest BCUT2D eigenvalue weighted by atomic mass is 32.1. The van der Waals surface area contributed by atoms with Crippen molar-refractivity contribution in [3.05, 3.63) is 53.5 Å². The van der Waals surface area contributed by atoms with Crippen molar-refractivity contribution in [1.82, 2.24) is 4.98 Å². The molecule has 7 heteroatoms. The molecule has 0 bridgehead atoms. The SMILES string of the molecule is O=C(CCCCc1nc2ccccc2s1)Nc1ccc(NC(=O)C2CCCO2)cc1. The molecule has 0 saturated carbocycles. The standard InChI is InChI=1S/C23H25N3O3S/c27-21(9-3-4-10-22-26-18-6-1-2-8-20(18)30-22)24-16-11-13-17(14-12-16)25-23(28)19-7-5-15-29-19/h1-2,6,8,11-14,19H,3-5,7,9-10,15H2,(H,24,27)(H,25,28). The number of hydrogen-bond acceptors (Lipinski definition) is 5. The number of ether oxygens (including phenoxy) is 1. The lowest BCUT2D eigenvalue weighted by atomic mass is 10.2. The van der Waals surface area contributed by atoms with E-state index in [0.717, 1.165) is 48.3 Å². The Labute approximate surface area is 179 Å². The minimum absolute atomic E-state index is 0.00422. The van der Waals surface area contributed by atoms with Crippen LogP contribution in [0.4, 0.5) is 11.4 Å². The maximum absolute atomic E-state index is 12.2. The summed E-state index contributed by atoms with van der Waals surface area (Å²) in [6, 6.07) is 15.3. The molecular weight excluding hydrogens is 398 g/mol. The third-order valence-corrected chi connectivity index (χ3v) is 6.14. The normalized spacial score (nSPS) is 15.9. The van der Waals surface area contributed by atoms with Crippen LogP contribution in [0.25, 0.3) is 10.2 Å². The molecule has 1 saturated heterocycles. The molecule has 2 aromatic carbocycles. The van der Waals surface area contributed by atoms with Crippen LogP contribution in [0.3, 0.4) is 0 Å². The third kappa shape index (κ3) is 5.43.